The molecule has 15 heavy (non-hydrogen) atoms. The Morgan fingerprint density at radius 1 is 1.33 bits per heavy atom. The molecule has 1 aromatic rings. The van der Waals surface area contributed by atoms with E-state index in [2.05, 4.69) is 5.32 Å². The SMILES string of the molecule is Cc1cc(F)cc(NC(CO)C(C)C)c1. The molecule has 0 fully saturated rings. The Morgan fingerprint density at radius 3 is 2.47 bits per heavy atom. The van der Waals surface area contributed by atoms with Crippen LogP contribution in [0.2, 0.25) is 0 Å². The van der Waals surface area contributed by atoms with Gasteiger partial charge in [0.25, 0.3) is 0 Å². The van der Waals surface area contributed by atoms with Gasteiger partial charge in [0, 0.05) is 5.69 Å². The Labute approximate surface area is 90.1 Å². The van der Waals surface area contributed by atoms with E-state index >= 15 is 0 Å². The number of rotatable bonds is 4. The van der Waals surface area contributed by atoms with E-state index in [9.17, 15) is 4.39 Å². The molecule has 0 saturated heterocycles. The number of hydrogen-bond acceptors (Lipinski definition) is 2. The molecular weight excluding hydrogens is 193 g/mol. The fraction of sp³-hybridized carbons (Fsp3) is 0.500. The zero-order chi connectivity index (χ0) is 11.4. The third-order valence-electron chi connectivity index (χ3n) is 2.40. The maximum Gasteiger partial charge on any atom is 0.125 e. The lowest BCUT2D eigenvalue weighted by molar-refractivity contribution is 0.249. The average Bonchev–Trinajstić information content (AvgIpc) is 2.12. The fourth-order valence-corrected chi connectivity index (χ4v) is 1.46. The van der Waals surface area contributed by atoms with Crippen LogP contribution in [0.4, 0.5) is 10.1 Å². The molecule has 0 bridgehead atoms. The summed E-state index contributed by atoms with van der Waals surface area (Å²) in [5, 5.41) is 12.3. The molecule has 1 unspecified atom stereocenters. The molecule has 0 aliphatic carbocycles. The lowest BCUT2D eigenvalue weighted by Gasteiger charge is -2.21. The van der Waals surface area contributed by atoms with Crippen LogP contribution >= 0.6 is 0 Å². The Morgan fingerprint density at radius 2 is 2.00 bits per heavy atom. The summed E-state index contributed by atoms with van der Waals surface area (Å²) in [6.45, 7) is 5.92. The zero-order valence-corrected chi connectivity index (χ0v) is 9.42. The molecule has 0 saturated carbocycles. The first kappa shape index (κ1) is 12.0. The van der Waals surface area contributed by atoms with Gasteiger partial charge in [-0.25, -0.2) is 4.39 Å². The smallest absolute Gasteiger partial charge is 0.125 e. The topological polar surface area (TPSA) is 32.3 Å². The number of aliphatic hydroxyl groups is 1. The third kappa shape index (κ3) is 3.51. The Bertz CT molecular complexity index is 305. The van der Waals surface area contributed by atoms with Gasteiger partial charge in [0.15, 0.2) is 0 Å². The summed E-state index contributed by atoms with van der Waals surface area (Å²) in [7, 11) is 0. The number of aryl methyl sites for hydroxylation is 1. The predicted octanol–water partition coefficient (Wildman–Crippen LogP) is 2.56. The summed E-state index contributed by atoms with van der Waals surface area (Å²) < 4.78 is 13.1. The van der Waals surface area contributed by atoms with Crippen LogP contribution in [-0.4, -0.2) is 17.8 Å². The average molecular weight is 211 g/mol. The second-order valence-electron chi connectivity index (χ2n) is 4.19. The number of halogens is 1. The van der Waals surface area contributed by atoms with Crippen molar-refractivity contribution >= 4 is 5.69 Å². The molecule has 3 heteroatoms. The summed E-state index contributed by atoms with van der Waals surface area (Å²) in [5.41, 5.74) is 1.60. The number of anilines is 1. The van der Waals surface area contributed by atoms with Gasteiger partial charge in [-0.15, -0.1) is 0 Å². The molecule has 0 amide bonds. The fourth-order valence-electron chi connectivity index (χ4n) is 1.46. The first-order valence-electron chi connectivity index (χ1n) is 5.17. The van der Waals surface area contributed by atoms with Crippen LogP contribution < -0.4 is 5.32 Å². The van der Waals surface area contributed by atoms with Crippen molar-refractivity contribution in [1.29, 1.82) is 0 Å². The van der Waals surface area contributed by atoms with Crippen LogP contribution in [-0.2, 0) is 0 Å². The highest BCUT2D eigenvalue weighted by Gasteiger charge is 2.11. The highest BCUT2D eigenvalue weighted by Crippen LogP contribution is 2.16. The quantitative estimate of drug-likeness (QED) is 0.802. The summed E-state index contributed by atoms with van der Waals surface area (Å²) in [6, 6.07) is 4.76. The minimum Gasteiger partial charge on any atom is -0.394 e. The van der Waals surface area contributed by atoms with Gasteiger partial charge in [0.05, 0.1) is 12.6 Å². The van der Waals surface area contributed by atoms with Crippen LogP contribution in [0.15, 0.2) is 18.2 Å². The highest BCUT2D eigenvalue weighted by molar-refractivity contribution is 5.46. The first-order valence-corrected chi connectivity index (χ1v) is 5.17. The van der Waals surface area contributed by atoms with E-state index in [1.807, 2.05) is 26.8 Å². The van der Waals surface area contributed by atoms with Crippen molar-refractivity contribution < 1.29 is 9.50 Å². The predicted molar refractivity (Wildman–Crippen MR) is 60.5 cm³/mol. The van der Waals surface area contributed by atoms with Gasteiger partial charge in [0.2, 0.25) is 0 Å². The van der Waals surface area contributed by atoms with Gasteiger partial charge >= 0.3 is 0 Å². The molecule has 1 rings (SSSR count). The van der Waals surface area contributed by atoms with Crippen LogP contribution in [0.25, 0.3) is 0 Å². The van der Waals surface area contributed by atoms with Crippen molar-refractivity contribution in [3.05, 3.63) is 29.6 Å². The molecule has 2 N–H and O–H groups in total. The van der Waals surface area contributed by atoms with E-state index in [1.165, 1.54) is 12.1 Å². The van der Waals surface area contributed by atoms with E-state index in [4.69, 9.17) is 5.11 Å². The van der Waals surface area contributed by atoms with Crippen molar-refractivity contribution in [2.45, 2.75) is 26.8 Å². The molecule has 0 aliphatic heterocycles. The van der Waals surface area contributed by atoms with E-state index in [0.717, 1.165) is 11.3 Å². The Kier molecular flexibility index (Phi) is 4.09. The van der Waals surface area contributed by atoms with Gasteiger partial charge in [0.1, 0.15) is 5.82 Å². The molecule has 0 aliphatic rings. The molecule has 1 aromatic carbocycles. The molecule has 0 radical (unpaired) electrons. The van der Waals surface area contributed by atoms with Gasteiger partial charge in [-0.05, 0) is 36.6 Å². The Balaban J connectivity index is 2.79. The zero-order valence-electron chi connectivity index (χ0n) is 9.42. The van der Waals surface area contributed by atoms with Crippen molar-refractivity contribution in [3.63, 3.8) is 0 Å². The maximum absolute atomic E-state index is 13.1. The number of hydrogen-bond donors (Lipinski definition) is 2. The number of aliphatic hydroxyl groups excluding tert-OH is 1. The first-order chi connectivity index (χ1) is 7.02. The van der Waals surface area contributed by atoms with Crippen molar-refractivity contribution in [1.82, 2.24) is 0 Å². The van der Waals surface area contributed by atoms with Crippen molar-refractivity contribution in [2.24, 2.45) is 5.92 Å². The summed E-state index contributed by atoms with van der Waals surface area (Å²) >= 11 is 0. The molecule has 0 spiro atoms. The van der Waals surface area contributed by atoms with Gasteiger partial charge in [-0.3, -0.25) is 0 Å². The summed E-state index contributed by atoms with van der Waals surface area (Å²) in [5.74, 6) is 0.0523. The van der Waals surface area contributed by atoms with Gasteiger partial charge < -0.3 is 10.4 Å². The number of benzene rings is 1. The highest BCUT2D eigenvalue weighted by atomic mass is 19.1. The van der Waals surface area contributed by atoms with E-state index in [-0.39, 0.29) is 18.5 Å². The molecule has 1 atom stereocenters. The minimum atomic E-state index is -0.252. The van der Waals surface area contributed by atoms with Crippen molar-refractivity contribution in [2.75, 3.05) is 11.9 Å². The van der Waals surface area contributed by atoms with Crippen LogP contribution in [0.3, 0.4) is 0 Å². The third-order valence-corrected chi connectivity index (χ3v) is 2.40. The van der Waals surface area contributed by atoms with Crippen LogP contribution in [0.5, 0.6) is 0 Å². The molecule has 0 aromatic heterocycles. The van der Waals surface area contributed by atoms with Crippen molar-refractivity contribution in [3.8, 4) is 0 Å². The van der Waals surface area contributed by atoms with E-state index in [1.54, 1.807) is 0 Å². The van der Waals surface area contributed by atoms with E-state index in [0.29, 0.717) is 5.92 Å². The lowest BCUT2D eigenvalue weighted by atomic mass is 10.0. The van der Waals surface area contributed by atoms with Gasteiger partial charge in [-0.2, -0.15) is 0 Å². The summed E-state index contributed by atoms with van der Waals surface area (Å²) in [6.07, 6.45) is 0. The Hall–Kier alpha value is -1.09. The van der Waals surface area contributed by atoms with Gasteiger partial charge in [-0.1, -0.05) is 13.8 Å². The second kappa shape index (κ2) is 5.12. The molecule has 84 valence electrons. The lowest BCUT2D eigenvalue weighted by Crippen LogP contribution is -2.29. The standard InChI is InChI=1S/C12H18FNO/c1-8(2)12(7-15)14-11-5-9(3)4-10(13)6-11/h4-6,8,12,14-15H,7H2,1-3H3. The van der Waals surface area contributed by atoms with E-state index < -0.39 is 0 Å². The number of nitrogens with one attached hydrogen (secondary N) is 1. The van der Waals surface area contributed by atoms with Crippen LogP contribution in [0, 0.1) is 18.7 Å². The maximum atomic E-state index is 13.1. The normalized spacial score (nSPS) is 12.9. The monoisotopic (exact) mass is 211 g/mol. The largest absolute Gasteiger partial charge is 0.394 e. The molecular formula is C12H18FNO. The van der Waals surface area contributed by atoms with Crippen LogP contribution in [0.1, 0.15) is 19.4 Å². The minimum absolute atomic E-state index is 0.0359. The molecule has 0 heterocycles. The summed E-state index contributed by atoms with van der Waals surface area (Å²) in [4.78, 5) is 0. The molecule has 2 nitrogen and oxygen atoms in total. The second-order valence-corrected chi connectivity index (χ2v) is 4.19.